The van der Waals surface area contributed by atoms with Crippen LogP contribution in [-0.4, -0.2) is 17.3 Å². The van der Waals surface area contributed by atoms with E-state index >= 15 is 0 Å². The van der Waals surface area contributed by atoms with Gasteiger partial charge in [-0.1, -0.05) is 0 Å². The van der Waals surface area contributed by atoms with Crippen molar-refractivity contribution in [1.82, 2.24) is 10.2 Å². The van der Waals surface area contributed by atoms with Gasteiger partial charge in [-0.3, -0.25) is 0 Å². The second-order valence-corrected chi connectivity index (χ2v) is 3.77. The molecule has 4 nitrogen and oxygen atoms in total. The molecule has 0 unspecified atom stereocenters. The summed E-state index contributed by atoms with van der Waals surface area (Å²) in [5.41, 5.74) is 0. The number of aromatic nitrogens is 2. The molecule has 0 radical (unpaired) electrons. The van der Waals surface area contributed by atoms with E-state index in [1.54, 1.807) is 7.11 Å². The van der Waals surface area contributed by atoms with Gasteiger partial charge in [-0.05, 0) is 11.4 Å². The Labute approximate surface area is 86.7 Å². The van der Waals surface area contributed by atoms with Gasteiger partial charge in [0.05, 0.1) is 7.11 Å². The fraction of sp³-hybridized carbons (Fsp3) is 0.143. The second kappa shape index (κ2) is 3.47. The molecule has 0 saturated carbocycles. The van der Waals surface area contributed by atoms with Gasteiger partial charge in [0.25, 0.3) is 10.7 Å². The van der Waals surface area contributed by atoms with E-state index in [4.69, 9.17) is 9.15 Å². The van der Waals surface area contributed by atoms with Crippen molar-refractivity contribution in [2.45, 2.75) is 0 Å². The Morgan fingerprint density at radius 3 is 3.00 bits per heavy atom. The number of nitrogens with zero attached hydrogens (tertiary/aromatic N) is 2. The summed E-state index contributed by atoms with van der Waals surface area (Å²) in [5.74, 6) is 1.22. The number of rotatable bonds is 2. The molecule has 13 heavy (non-hydrogen) atoms. The Kier molecular flexibility index (Phi) is 2.32. The number of thiophene rings is 1. The van der Waals surface area contributed by atoms with Crippen LogP contribution in [0.1, 0.15) is 0 Å². The largest absolute Gasteiger partial charge is 0.495 e. The van der Waals surface area contributed by atoms with E-state index in [1.807, 2.05) is 11.4 Å². The summed E-state index contributed by atoms with van der Waals surface area (Å²) in [6, 6.07) is 1.86. The Hall–Kier alpha value is -0.880. The van der Waals surface area contributed by atoms with E-state index in [1.165, 1.54) is 11.3 Å². The van der Waals surface area contributed by atoms with Crippen molar-refractivity contribution in [2.24, 2.45) is 0 Å². The highest BCUT2D eigenvalue weighted by molar-refractivity contribution is 9.10. The Morgan fingerprint density at radius 2 is 2.38 bits per heavy atom. The number of methoxy groups -OCH3 is 1. The molecule has 0 amide bonds. The summed E-state index contributed by atoms with van der Waals surface area (Å²) in [6.45, 7) is 0. The summed E-state index contributed by atoms with van der Waals surface area (Å²) < 4.78 is 10.3. The summed E-state index contributed by atoms with van der Waals surface area (Å²) in [5, 5.41) is 9.44. The van der Waals surface area contributed by atoms with Crippen molar-refractivity contribution >= 4 is 27.3 Å². The highest BCUT2D eigenvalue weighted by atomic mass is 79.9. The maximum absolute atomic E-state index is 5.20. The lowest BCUT2D eigenvalue weighted by atomic mass is 10.4. The molecule has 0 aliphatic carbocycles. The van der Waals surface area contributed by atoms with Gasteiger partial charge in [0.2, 0.25) is 0 Å². The van der Waals surface area contributed by atoms with Gasteiger partial charge in [0.15, 0.2) is 0 Å². The minimum absolute atomic E-state index is 0.373. The fourth-order valence-electron chi connectivity index (χ4n) is 0.911. The standard InChI is InChI=1S/C7H5BrN2O2S/c1-11-4-2-3-13-5(4)6-9-10-7(8)12-6/h2-3H,1H3. The smallest absolute Gasteiger partial charge is 0.285 e. The van der Waals surface area contributed by atoms with Crippen LogP contribution in [0.25, 0.3) is 10.8 Å². The third-order valence-corrected chi connectivity index (χ3v) is 2.65. The van der Waals surface area contributed by atoms with Gasteiger partial charge in [-0.2, -0.15) is 0 Å². The fourth-order valence-corrected chi connectivity index (χ4v) is 1.92. The van der Waals surface area contributed by atoms with Gasteiger partial charge in [-0.15, -0.1) is 21.5 Å². The molecule has 0 saturated heterocycles. The van der Waals surface area contributed by atoms with Crippen molar-refractivity contribution in [3.8, 4) is 16.5 Å². The topological polar surface area (TPSA) is 48.2 Å². The average Bonchev–Trinajstić information content (AvgIpc) is 2.71. The predicted molar refractivity (Wildman–Crippen MR) is 51.9 cm³/mol. The highest BCUT2D eigenvalue weighted by Crippen LogP contribution is 2.34. The molecule has 2 rings (SSSR count). The molecule has 0 bridgehead atoms. The van der Waals surface area contributed by atoms with Gasteiger partial charge >= 0.3 is 0 Å². The van der Waals surface area contributed by atoms with Crippen molar-refractivity contribution in [3.05, 3.63) is 16.2 Å². The molecule has 0 aromatic carbocycles. The molecule has 0 fully saturated rings. The van der Waals surface area contributed by atoms with Crippen molar-refractivity contribution in [1.29, 1.82) is 0 Å². The maximum atomic E-state index is 5.20. The van der Waals surface area contributed by atoms with Crippen LogP contribution in [-0.2, 0) is 0 Å². The summed E-state index contributed by atoms with van der Waals surface area (Å²) in [6.07, 6.45) is 0. The first kappa shape index (κ1) is 8.71. The number of hydrogen-bond donors (Lipinski definition) is 0. The average molecular weight is 261 g/mol. The molecule has 2 aromatic rings. The molecule has 0 spiro atoms. The summed E-state index contributed by atoms with van der Waals surface area (Å²) in [4.78, 5) is 1.22. The first-order valence-corrected chi connectivity index (χ1v) is 5.09. The van der Waals surface area contributed by atoms with Crippen LogP contribution in [0.5, 0.6) is 5.75 Å². The molecule has 0 aliphatic rings. The van der Waals surface area contributed by atoms with Crippen molar-refractivity contribution in [2.75, 3.05) is 7.11 Å². The minimum Gasteiger partial charge on any atom is -0.495 e. The highest BCUT2D eigenvalue weighted by Gasteiger charge is 2.13. The summed E-state index contributed by atoms with van der Waals surface area (Å²) >= 11 is 4.59. The van der Waals surface area contributed by atoms with E-state index in [9.17, 15) is 0 Å². The molecule has 0 atom stereocenters. The zero-order valence-corrected chi connectivity index (χ0v) is 9.05. The minimum atomic E-state index is 0.373. The van der Waals surface area contributed by atoms with Crippen LogP contribution in [0.4, 0.5) is 0 Å². The number of halogens is 1. The van der Waals surface area contributed by atoms with Gasteiger partial charge < -0.3 is 9.15 Å². The van der Waals surface area contributed by atoms with Crippen LogP contribution in [0.3, 0.4) is 0 Å². The third-order valence-electron chi connectivity index (χ3n) is 1.44. The second-order valence-electron chi connectivity index (χ2n) is 2.18. The molecule has 68 valence electrons. The molecule has 6 heteroatoms. The van der Waals surface area contributed by atoms with E-state index in [-0.39, 0.29) is 0 Å². The number of ether oxygens (including phenoxy) is 1. The quantitative estimate of drug-likeness (QED) is 0.833. The molecule has 2 heterocycles. The number of hydrogen-bond acceptors (Lipinski definition) is 5. The van der Waals surface area contributed by atoms with Crippen LogP contribution < -0.4 is 4.74 Å². The Bertz CT molecular complexity index is 412. The van der Waals surface area contributed by atoms with Gasteiger partial charge in [0.1, 0.15) is 10.6 Å². The first-order valence-electron chi connectivity index (χ1n) is 3.42. The van der Waals surface area contributed by atoms with Crippen molar-refractivity contribution < 1.29 is 9.15 Å². The lowest BCUT2D eigenvalue weighted by Crippen LogP contribution is -1.82. The van der Waals surface area contributed by atoms with Crippen molar-refractivity contribution in [3.63, 3.8) is 0 Å². The molecule has 0 N–H and O–H groups in total. The normalized spacial score (nSPS) is 10.3. The predicted octanol–water partition coefficient (Wildman–Crippen LogP) is 2.57. The van der Waals surface area contributed by atoms with E-state index < -0.39 is 0 Å². The van der Waals surface area contributed by atoms with Crippen LogP contribution >= 0.6 is 27.3 Å². The van der Waals surface area contributed by atoms with Crippen LogP contribution in [0, 0.1) is 0 Å². The lowest BCUT2D eigenvalue weighted by Gasteiger charge is -1.95. The van der Waals surface area contributed by atoms with E-state index in [2.05, 4.69) is 26.1 Å². The van der Waals surface area contributed by atoms with Gasteiger partial charge in [0, 0.05) is 15.9 Å². The SMILES string of the molecule is COc1ccsc1-c1nnc(Br)o1. The van der Waals surface area contributed by atoms with E-state index in [0.717, 1.165) is 10.6 Å². The third kappa shape index (κ3) is 1.59. The first-order chi connectivity index (χ1) is 6.31. The lowest BCUT2D eigenvalue weighted by molar-refractivity contribution is 0.416. The maximum Gasteiger partial charge on any atom is 0.285 e. The molecular weight excluding hydrogens is 256 g/mol. The Morgan fingerprint density at radius 1 is 1.54 bits per heavy atom. The Balaban J connectivity index is 2.45. The molecule has 2 aromatic heterocycles. The van der Waals surface area contributed by atoms with Crippen LogP contribution in [0.15, 0.2) is 20.7 Å². The zero-order chi connectivity index (χ0) is 9.26. The van der Waals surface area contributed by atoms with E-state index in [0.29, 0.717) is 10.7 Å². The molecule has 0 aliphatic heterocycles. The summed E-state index contributed by atoms with van der Waals surface area (Å²) in [7, 11) is 1.61. The van der Waals surface area contributed by atoms with Crippen LogP contribution in [0.2, 0.25) is 0 Å². The molecular formula is C7H5BrN2O2S. The monoisotopic (exact) mass is 260 g/mol. The van der Waals surface area contributed by atoms with Gasteiger partial charge in [-0.25, -0.2) is 0 Å². The zero-order valence-electron chi connectivity index (χ0n) is 6.65.